The monoisotopic (exact) mass is 295 g/mol. The van der Waals surface area contributed by atoms with Crippen molar-refractivity contribution >= 4 is 11.6 Å². The summed E-state index contributed by atoms with van der Waals surface area (Å²) >= 11 is 6.27. The number of hydrogen-bond donors (Lipinski definition) is 1. The molecule has 2 aliphatic rings. The first-order valence-electron chi connectivity index (χ1n) is 7.58. The van der Waals surface area contributed by atoms with Gasteiger partial charge in [-0.25, -0.2) is 0 Å². The fourth-order valence-electron chi connectivity index (χ4n) is 2.56. The van der Waals surface area contributed by atoms with E-state index < -0.39 is 0 Å². The summed E-state index contributed by atoms with van der Waals surface area (Å²) in [5.41, 5.74) is 1.15. The number of nitrogens with one attached hydrogen (secondary N) is 1. The van der Waals surface area contributed by atoms with Crippen molar-refractivity contribution in [1.29, 1.82) is 0 Å². The van der Waals surface area contributed by atoms with E-state index in [0.717, 1.165) is 37.3 Å². The van der Waals surface area contributed by atoms with Crippen molar-refractivity contribution in [2.75, 3.05) is 13.2 Å². The van der Waals surface area contributed by atoms with E-state index in [1.165, 1.54) is 19.3 Å². The van der Waals surface area contributed by atoms with Gasteiger partial charge in [-0.05, 0) is 31.7 Å². The van der Waals surface area contributed by atoms with Crippen molar-refractivity contribution in [3.63, 3.8) is 0 Å². The number of hydrogen-bond acceptors (Lipinski definition) is 3. The van der Waals surface area contributed by atoms with E-state index in [-0.39, 0.29) is 0 Å². The van der Waals surface area contributed by atoms with Gasteiger partial charge in [-0.1, -0.05) is 23.7 Å². The number of benzene rings is 1. The first kappa shape index (κ1) is 14.2. The topological polar surface area (TPSA) is 30.5 Å². The third kappa shape index (κ3) is 3.87. The van der Waals surface area contributed by atoms with E-state index in [4.69, 9.17) is 21.1 Å². The molecule has 1 N–H and O–H groups in total. The van der Waals surface area contributed by atoms with Crippen LogP contribution in [0.3, 0.4) is 0 Å². The Morgan fingerprint density at radius 2 is 2.20 bits per heavy atom. The van der Waals surface area contributed by atoms with Gasteiger partial charge in [-0.2, -0.15) is 0 Å². The molecule has 1 saturated heterocycles. The van der Waals surface area contributed by atoms with E-state index in [2.05, 4.69) is 11.4 Å². The first-order valence-corrected chi connectivity index (χ1v) is 7.96. The summed E-state index contributed by atoms with van der Waals surface area (Å²) in [7, 11) is 0. The smallest absolute Gasteiger partial charge is 0.142 e. The molecule has 110 valence electrons. The van der Waals surface area contributed by atoms with Gasteiger partial charge in [0.15, 0.2) is 0 Å². The van der Waals surface area contributed by atoms with E-state index in [1.807, 2.05) is 12.1 Å². The van der Waals surface area contributed by atoms with Crippen molar-refractivity contribution in [2.45, 2.75) is 50.8 Å². The summed E-state index contributed by atoms with van der Waals surface area (Å²) in [6, 6.07) is 6.65. The predicted molar refractivity (Wildman–Crippen MR) is 80.4 cm³/mol. The highest BCUT2D eigenvalue weighted by atomic mass is 35.5. The van der Waals surface area contributed by atoms with Crippen molar-refractivity contribution < 1.29 is 9.47 Å². The highest BCUT2D eigenvalue weighted by Gasteiger charge is 2.21. The molecule has 1 aliphatic heterocycles. The molecule has 3 rings (SSSR count). The lowest BCUT2D eigenvalue weighted by atomic mass is 10.2. The van der Waals surface area contributed by atoms with Gasteiger partial charge in [0, 0.05) is 31.2 Å². The lowest BCUT2D eigenvalue weighted by molar-refractivity contribution is 0.0902. The van der Waals surface area contributed by atoms with Crippen molar-refractivity contribution in [2.24, 2.45) is 0 Å². The van der Waals surface area contributed by atoms with Crippen molar-refractivity contribution in [1.82, 2.24) is 5.32 Å². The minimum Gasteiger partial charge on any atom is -0.492 e. The Kier molecular flexibility index (Phi) is 4.81. The van der Waals surface area contributed by atoms with Crippen molar-refractivity contribution in [3.05, 3.63) is 28.8 Å². The molecule has 1 atom stereocenters. The lowest BCUT2D eigenvalue weighted by Crippen LogP contribution is -2.17. The van der Waals surface area contributed by atoms with Crippen LogP contribution in [-0.2, 0) is 11.3 Å². The predicted octanol–water partition coefficient (Wildman–Crippen LogP) is 3.54. The number of ether oxygens (including phenoxy) is 2. The zero-order valence-electron chi connectivity index (χ0n) is 11.7. The quantitative estimate of drug-likeness (QED) is 0.834. The molecule has 1 unspecified atom stereocenters. The number of para-hydroxylation sites is 1. The van der Waals surface area contributed by atoms with Crippen molar-refractivity contribution in [3.8, 4) is 5.75 Å². The second-order valence-electron chi connectivity index (χ2n) is 5.66. The van der Waals surface area contributed by atoms with Crippen LogP contribution < -0.4 is 10.1 Å². The zero-order valence-corrected chi connectivity index (χ0v) is 12.5. The van der Waals surface area contributed by atoms with Gasteiger partial charge in [-0.15, -0.1) is 0 Å². The van der Waals surface area contributed by atoms with Gasteiger partial charge in [0.2, 0.25) is 0 Å². The molecule has 1 heterocycles. The average molecular weight is 296 g/mol. The molecule has 0 aromatic heterocycles. The van der Waals surface area contributed by atoms with E-state index in [0.29, 0.717) is 23.8 Å². The maximum atomic E-state index is 6.27. The minimum absolute atomic E-state index is 0.366. The summed E-state index contributed by atoms with van der Waals surface area (Å²) in [5, 5.41) is 4.21. The molecule has 1 aromatic carbocycles. The molecule has 3 nitrogen and oxygen atoms in total. The Bertz CT molecular complexity index is 442. The molecule has 0 amide bonds. The van der Waals surface area contributed by atoms with Gasteiger partial charge in [-0.3, -0.25) is 0 Å². The molecule has 1 saturated carbocycles. The molecule has 0 bridgehead atoms. The van der Waals surface area contributed by atoms with E-state index >= 15 is 0 Å². The minimum atomic E-state index is 0.366. The molecule has 0 spiro atoms. The fourth-order valence-corrected chi connectivity index (χ4v) is 2.81. The Morgan fingerprint density at radius 1 is 1.30 bits per heavy atom. The Labute approximate surface area is 125 Å². The van der Waals surface area contributed by atoms with Crippen LogP contribution in [0.2, 0.25) is 5.02 Å². The molecular weight excluding hydrogens is 274 g/mol. The summed E-state index contributed by atoms with van der Waals surface area (Å²) < 4.78 is 11.5. The summed E-state index contributed by atoms with van der Waals surface area (Å²) in [6.07, 6.45) is 6.21. The second kappa shape index (κ2) is 6.79. The van der Waals surface area contributed by atoms with Crippen LogP contribution >= 0.6 is 11.6 Å². The van der Waals surface area contributed by atoms with Crippen LogP contribution in [0.15, 0.2) is 18.2 Å². The molecular formula is C16H22ClNO2. The van der Waals surface area contributed by atoms with Crippen LogP contribution in [0.1, 0.15) is 37.7 Å². The van der Waals surface area contributed by atoms with Crippen LogP contribution in [0.5, 0.6) is 5.75 Å². The SMILES string of the molecule is Clc1cccc(CNC2CC2)c1OCCC1CCCO1. The molecule has 1 aliphatic carbocycles. The van der Waals surface area contributed by atoms with Gasteiger partial charge in [0.25, 0.3) is 0 Å². The molecule has 4 heteroatoms. The Balaban J connectivity index is 1.54. The van der Waals surface area contributed by atoms with Crippen LogP contribution in [0.25, 0.3) is 0 Å². The summed E-state index contributed by atoms with van der Waals surface area (Å²) in [5.74, 6) is 0.834. The fraction of sp³-hybridized carbons (Fsp3) is 0.625. The number of rotatable bonds is 7. The zero-order chi connectivity index (χ0) is 13.8. The van der Waals surface area contributed by atoms with E-state index in [9.17, 15) is 0 Å². The average Bonchev–Trinajstić information content (AvgIpc) is 3.14. The number of halogens is 1. The van der Waals surface area contributed by atoms with Gasteiger partial charge < -0.3 is 14.8 Å². The lowest BCUT2D eigenvalue weighted by Gasteiger charge is -2.15. The molecule has 20 heavy (non-hydrogen) atoms. The van der Waals surface area contributed by atoms with Gasteiger partial charge in [0.05, 0.1) is 17.7 Å². The molecule has 2 fully saturated rings. The molecule has 0 radical (unpaired) electrons. The second-order valence-corrected chi connectivity index (χ2v) is 6.06. The highest BCUT2D eigenvalue weighted by molar-refractivity contribution is 6.32. The summed E-state index contributed by atoms with van der Waals surface area (Å²) in [6.45, 7) is 2.40. The summed E-state index contributed by atoms with van der Waals surface area (Å²) in [4.78, 5) is 0. The first-order chi connectivity index (χ1) is 9.83. The highest BCUT2D eigenvalue weighted by Crippen LogP contribution is 2.30. The Hall–Kier alpha value is -0.770. The molecule has 1 aromatic rings. The standard InChI is InChI=1S/C16H22ClNO2/c17-15-5-1-3-12(11-18-13-6-7-13)16(15)20-10-8-14-4-2-9-19-14/h1,3,5,13-14,18H,2,4,6-11H2. The van der Waals surface area contributed by atoms with Crippen LogP contribution in [0, 0.1) is 0 Å². The maximum Gasteiger partial charge on any atom is 0.142 e. The maximum absolute atomic E-state index is 6.27. The van der Waals surface area contributed by atoms with Gasteiger partial charge in [0.1, 0.15) is 5.75 Å². The van der Waals surface area contributed by atoms with Crippen LogP contribution in [-0.4, -0.2) is 25.4 Å². The third-order valence-electron chi connectivity index (χ3n) is 3.92. The largest absolute Gasteiger partial charge is 0.492 e. The normalized spacial score (nSPS) is 22.1. The van der Waals surface area contributed by atoms with Crippen LogP contribution in [0.4, 0.5) is 0 Å². The third-order valence-corrected chi connectivity index (χ3v) is 4.21. The Morgan fingerprint density at radius 3 is 2.95 bits per heavy atom. The van der Waals surface area contributed by atoms with E-state index in [1.54, 1.807) is 0 Å². The van der Waals surface area contributed by atoms with Gasteiger partial charge >= 0.3 is 0 Å².